The highest BCUT2D eigenvalue weighted by molar-refractivity contribution is 6.32. The predicted octanol–water partition coefficient (Wildman–Crippen LogP) is 1.11. The monoisotopic (exact) mass is 284 g/mol. The zero-order valence-electron chi connectivity index (χ0n) is 10.7. The largest absolute Gasteiger partial charge is 0.506 e. The third kappa shape index (κ3) is 3.37. The summed E-state index contributed by atoms with van der Waals surface area (Å²) in [6.45, 7) is 2.36. The molecule has 1 aromatic rings. The molecule has 0 spiro atoms. The van der Waals surface area contributed by atoms with Crippen LogP contribution >= 0.6 is 11.6 Å². The van der Waals surface area contributed by atoms with E-state index >= 15 is 0 Å². The molecule has 0 saturated carbocycles. The smallest absolute Gasteiger partial charge is 0.254 e. The molecule has 1 unspecified atom stereocenters. The minimum atomic E-state index is -0.0914. The Morgan fingerprint density at radius 1 is 1.63 bits per heavy atom. The van der Waals surface area contributed by atoms with Crippen LogP contribution in [0.1, 0.15) is 10.4 Å². The second-order valence-corrected chi connectivity index (χ2v) is 4.88. The zero-order chi connectivity index (χ0) is 13.8. The van der Waals surface area contributed by atoms with Crippen LogP contribution in [0.25, 0.3) is 0 Å². The Morgan fingerprint density at radius 2 is 2.42 bits per heavy atom. The van der Waals surface area contributed by atoms with Crippen molar-refractivity contribution >= 4 is 17.5 Å². The van der Waals surface area contributed by atoms with Crippen molar-refractivity contribution in [1.82, 2.24) is 10.2 Å². The zero-order valence-corrected chi connectivity index (χ0v) is 11.5. The quantitative estimate of drug-likeness (QED) is 0.873. The van der Waals surface area contributed by atoms with Gasteiger partial charge < -0.3 is 20.1 Å². The number of likely N-dealkylation sites (N-methyl/N-ethyl adjacent to an activating group) is 1. The number of hydrogen-bond donors (Lipinski definition) is 2. The average molecular weight is 285 g/mol. The molecule has 2 N–H and O–H groups in total. The summed E-state index contributed by atoms with van der Waals surface area (Å²) in [6.07, 6.45) is 0.00952. The van der Waals surface area contributed by atoms with Gasteiger partial charge in [0.15, 0.2) is 0 Å². The lowest BCUT2D eigenvalue weighted by Gasteiger charge is -2.33. The number of hydrogen-bond acceptors (Lipinski definition) is 4. The van der Waals surface area contributed by atoms with Gasteiger partial charge in [-0.2, -0.15) is 0 Å². The van der Waals surface area contributed by atoms with E-state index in [1.165, 1.54) is 12.1 Å². The molecule has 104 valence electrons. The molecule has 0 bridgehead atoms. The number of phenols is 1. The van der Waals surface area contributed by atoms with Crippen molar-refractivity contribution in [2.24, 2.45) is 0 Å². The van der Waals surface area contributed by atoms with Crippen LogP contribution in [-0.4, -0.2) is 55.3 Å². The van der Waals surface area contributed by atoms with Crippen molar-refractivity contribution in [2.75, 3.05) is 33.3 Å². The van der Waals surface area contributed by atoms with E-state index < -0.39 is 0 Å². The molecule has 1 aromatic carbocycles. The Labute approximate surface area is 117 Å². The minimum Gasteiger partial charge on any atom is -0.506 e. The van der Waals surface area contributed by atoms with Gasteiger partial charge in [0.2, 0.25) is 0 Å². The van der Waals surface area contributed by atoms with Gasteiger partial charge in [0.05, 0.1) is 17.7 Å². The summed E-state index contributed by atoms with van der Waals surface area (Å²) in [5.41, 5.74) is 0.480. The number of nitrogens with zero attached hydrogens (tertiary/aromatic N) is 1. The molecule has 19 heavy (non-hydrogen) atoms. The lowest BCUT2D eigenvalue weighted by Crippen LogP contribution is -2.48. The molecular weight excluding hydrogens is 268 g/mol. The van der Waals surface area contributed by atoms with Crippen LogP contribution in [0.3, 0.4) is 0 Å². The van der Waals surface area contributed by atoms with E-state index in [4.69, 9.17) is 16.3 Å². The fourth-order valence-corrected chi connectivity index (χ4v) is 2.26. The number of phenolic OH excluding ortho intramolecular Hbond substituents is 1. The van der Waals surface area contributed by atoms with Gasteiger partial charge in [-0.15, -0.1) is 0 Å². The van der Waals surface area contributed by atoms with E-state index in [-0.39, 0.29) is 22.8 Å². The van der Waals surface area contributed by atoms with Crippen LogP contribution < -0.4 is 5.32 Å². The molecule has 1 aliphatic rings. The van der Waals surface area contributed by atoms with E-state index in [1.807, 2.05) is 7.05 Å². The number of rotatable bonds is 3. The van der Waals surface area contributed by atoms with Gasteiger partial charge in [-0.05, 0) is 25.2 Å². The topological polar surface area (TPSA) is 61.8 Å². The van der Waals surface area contributed by atoms with Gasteiger partial charge in [0.1, 0.15) is 5.75 Å². The highest BCUT2D eigenvalue weighted by Crippen LogP contribution is 2.24. The molecule has 5 nitrogen and oxygen atoms in total. The van der Waals surface area contributed by atoms with Crippen molar-refractivity contribution < 1.29 is 14.6 Å². The summed E-state index contributed by atoms with van der Waals surface area (Å²) in [6, 6.07) is 4.49. The summed E-state index contributed by atoms with van der Waals surface area (Å²) in [4.78, 5) is 14.1. The van der Waals surface area contributed by atoms with Crippen LogP contribution in [0.4, 0.5) is 0 Å². The number of halogens is 1. The number of carbonyl (C=O) groups excluding carboxylic acids is 1. The molecule has 0 radical (unpaired) electrons. The molecule has 1 aliphatic heterocycles. The number of morpholine rings is 1. The third-order valence-corrected chi connectivity index (χ3v) is 3.36. The van der Waals surface area contributed by atoms with E-state index in [1.54, 1.807) is 11.0 Å². The van der Waals surface area contributed by atoms with Crippen molar-refractivity contribution in [3.8, 4) is 5.75 Å². The second-order valence-electron chi connectivity index (χ2n) is 4.47. The summed E-state index contributed by atoms with van der Waals surface area (Å²) in [5, 5.41) is 12.6. The number of aromatic hydroxyl groups is 1. The summed E-state index contributed by atoms with van der Waals surface area (Å²) < 4.78 is 5.56. The maximum absolute atomic E-state index is 12.3. The first-order valence-electron chi connectivity index (χ1n) is 6.16. The Balaban J connectivity index is 2.08. The molecular formula is C13H17ClN2O3. The minimum absolute atomic E-state index is 0.00952. The fraction of sp³-hybridized carbons (Fsp3) is 0.462. The van der Waals surface area contributed by atoms with Crippen LogP contribution in [0, 0.1) is 0 Å². The number of nitrogens with one attached hydrogen (secondary N) is 1. The van der Waals surface area contributed by atoms with Gasteiger partial charge in [-0.25, -0.2) is 0 Å². The van der Waals surface area contributed by atoms with Crippen LogP contribution in [0.5, 0.6) is 5.75 Å². The van der Waals surface area contributed by atoms with E-state index in [9.17, 15) is 9.90 Å². The van der Waals surface area contributed by atoms with Crippen molar-refractivity contribution in [1.29, 1.82) is 0 Å². The molecule has 1 atom stereocenters. The number of benzene rings is 1. The van der Waals surface area contributed by atoms with Gasteiger partial charge in [0.25, 0.3) is 5.91 Å². The van der Waals surface area contributed by atoms with Gasteiger partial charge in [0, 0.05) is 25.2 Å². The van der Waals surface area contributed by atoms with Crippen LogP contribution in [0.2, 0.25) is 5.02 Å². The molecule has 1 amide bonds. The molecule has 0 aromatic heterocycles. The highest BCUT2D eigenvalue weighted by Gasteiger charge is 2.24. The third-order valence-electron chi connectivity index (χ3n) is 3.05. The summed E-state index contributed by atoms with van der Waals surface area (Å²) >= 11 is 5.82. The van der Waals surface area contributed by atoms with Gasteiger partial charge >= 0.3 is 0 Å². The predicted molar refractivity (Wildman–Crippen MR) is 72.7 cm³/mol. The van der Waals surface area contributed by atoms with Crippen LogP contribution in [-0.2, 0) is 4.74 Å². The first-order chi connectivity index (χ1) is 9.11. The second kappa shape index (κ2) is 6.23. The fourth-order valence-electron chi connectivity index (χ4n) is 2.08. The Bertz CT molecular complexity index is 465. The number of amides is 1. The molecule has 1 saturated heterocycles. The van der Waals surface area contributed by atoms with E-state index in [0.717, 1.165) is 0 Å². The standard InChI is InChI=1S/C13H17ClN2O3/c1-15-7-10-8-16(4-5-19-10)13(18)9-2-3-12(17)11(14)6-9/h2-3,6,10,15,17H,4-5,7-8H2,1H3. The highest BCUT2D eigenvalue weighted by atomic mass is 35.5. The molecule has 6 heteroatoms. The van der Waals surface area contributed by atoms with Crippen molar-refractivity contribution in [2.45, 2.75) is 6.10 Å². The van der Waals surface area contributed by atoms with Gasteiger partial charge in [-0.1, -0.05) is 11.6 Å². The number of carbonyl (C=O) groups is 1. The molecule has 1 fully saturated rings. The van der Waals surface area contributed by atoms with E-state index in [2.05, 4.69) is 5.32 Å². The molecule has 0 aliphatic carbocycles. The van der Waals surface area contributed by atoms with E-state index in [0.29, 0.717) is 31.8 Å². The van der Waals surface area contributed by atoms with Gasteiger partial charge in [-0.3, -0.25) is 4.79 Å². The first kappa shape index (κ1) is 14.1. The SMILES string of the molecule is CNCC1CN(C(=O)c2ccc(O)c(Cl)c2)CCO1. The van der Waals surface area contributed by atoms with Crippen molar-refractivity contribution in [3.05, 3.63) is 28.8 Å². The lowest BCUT2D eigenvalue weighted by atomic mass is 10.1. The summed E-state index contributed by atoms with van der Waals surface area (Å²) in [7, 11) is 1.85. The van der Waals surface area contributed by atoms with Crippen molar-refractivity contribution in [3.63, 3.8) is 0 Å². The lowest BCUT2D eigenvalue weighted by molar-refractivity contribution is -0.0196. The Kier molecular flexibility index (Phi) is 4.63. The first-order valence-corrected chi connectivity index (χ1v) is 6.53. The maximum Gasteiger partial charge on any atom is 0.254 e. The maximum atomic E-state index is 12.3. The molecule has 2 rings (SSSR count). The normalized spacial score (nSPS) is 19.5. The Morgan fingerprint density at radius 3 is 3.11 bits per heavy atom. The average Bonchev–Trinajstić information content (AvgIpc) is 2.42. The van der Waals surface area contributed by atoms with Crippen LogP contribution in [0.15, 0.2) is 18.2 Å². The summed E-state index contributed by atoms with van der Waals surface area (Å²) in [5.74, 6) is -0.112. The molecule has 1 heterocycles. The Hall–Kier alpha value is -1.30. The number of ether oxygens (including phenoxy) is 1.